The molecule has 0 fully saturated rings. The molecule has 90 valence electrons. The fraction of sp³-hybridized carbons (Fsp3) is 0.455. The quantitative estimate of drug-likeness (QED) is 0.759. The van der Waals surface area contributed by atoms with E-state index < -0.39 is 11.7 Å². The van der Waals surface area contributed by atoms with Crippen LogP contribution in [0.25, 0.3) is 0 Å². The van der Waals surface area contributed by atoms with Crippen LogP contribution in [0.1, 0.15) is 11.1 Å². The Bertz CT molecular complexity index is 323. The van der Waals surface area contributed by atoms with E-state index in [1.54, 1.807) is 6.07 Å². The first-order valence-electron chi connectivity index (χ1n) is 5.05. The average molecular weight is 232 g/mol. The Morgan fingerprint density at radius 3 is 2.56 bits per heavy atom. The minimum atomic E-state index is -4.26. The van der Waals surface area contributed by atoms with E-state index in [1.165, 1.54) is 12.1 Å². The van der Waals surface area contributed by atoms with Crippen LogP contribution >= 0.6 is 0 Å². The highest BCUT2D eigenvalue weighted by Crippen LogP contribution is 2.29. The van der Waals surface area contributed by atoms with Crippen molar-refractivity contribution in [1.29, 1.82) is 0 Å². The van der Waals surface area contributed by atoms with E-state index in [4.69, 9.17) is 0 Å². The largest absolute Gasteiger partial charge is 0.416 e. The molecule has 0 heterocycles. The number of nitrogens with one attached hydrogen (secondary N) is 2. The Labute approximate surface area is 92.9 Å². The molecule has 2 nitrogen and oxygen atoms in total. The van der Waals surface area contributed by atoms with Crippen molar-refractivity contribution in [1.82, 2.24) is 10.6 Å². The fourth-order valence-corrected chi connectivity index (χ4v) is 1.30. The molecule has 1 rings (SSSR count). The lowest BCUT2D eigenvalue weighted by Crippen LogP contribution is -2.24. The van der Waals surface area contributed by atoms with Crippen LogP contribution in [0.3, 0.4) is 0 Å². The second-order valence-electron chi connectivity index (χ2n) is 3.48. The van der Waals surface area contributed by atoms with E-state index in [-0.39, 0.29) is 0 Å². The first kappa shape index (κ1) is 13.0. The summed E-state index contributed by atoms with van der Waals surface area (Å²) in [4.78, 5) is 0. The summed E-state index contributed by atoms with van der Waals surface area (Å²) in [5.74, 6) is 0. The van der Waals surface area contributed by atoms with Gasteiger partial charge in [0.25, 0.3) is 0 Å². The van der Waals surface area contributed by atoms with Crippen molar-refractivity contribution in [3.63, 3.8) is 0 Å². The minimum Gasteiger partial charge on any atom is -0.318 e. The number of hydrogen-bond donors (Lipinski definition) is 2. The molecule has 0 bridgehead atoms. The van der Waals surface area contributed by atoms with Crippen molar-refractivity contribution in [3.05, 3.63) is 35.4 Å². The summed E-state index contributed by atoms with van der Waals surface area (Å²) in [6, 6.07) is 5.36. The molecule has 0 aliphatic rings. The van der Waals surface area contributed by atoms with Crippen molar-refractivity contribution in [2.75, 3.05) is 20.1 Å². The molecule has 0 unspecified atom stereocenters. The molecule has 0 spiro atoms. The monoisotopic (exact) mass is 232 g/mol. The predicted molar refractivity (Wildman–Crippen MR) is 57.1 cm³/mol. The molecule has 5 heteroatoms. The molecule has 0 saturated heterocycles. The van der Waals surface area contributed by atoms with E-state index in [9.17, 15) is 13.2 Å². The molecule has 2 N–H and O–H groups in total. The Kier molecular flexibility index (Phi) is 4.76. The van der Waals surface area contributed by atoms with Gasteiger partial charge in [-0.3, -0.25) is 0 Å². The Morgan fingerprint density at radius 2 is 1.94 bits per heavy atom. The standard InChI is InChI=1S/C11H15F3N2/c1-15-5-6-16-8-9-3-2-4-10(7-9)11(12,13)14/h2-4,7,15-16H,5-6,8H2,1H3. The van der Waals surface area contributed by atoms with Crippen molar-refractivity contribution in [3.8, 4) is 0 Å². The van der Waals surface area contributed by atoms with Gasteiger partial charge in [0, 0.05) is 19.6 Å². The van der Waals surface area contributed by atoms with Gasteiger partial charge in [0.15, 0.2) is 0 Å². The van der Waals surface area contributed by atoms with E-state index in [0.717, 1.165) is 19.2 Å². The smallest absolute Gasteiger partial charge is 0.318 e. The fourth-order valence-electron chi connectivity index (χ4n) is 1.30. The third-order valence-electron chi connectivity index (χ3n) is 2.14. The third kappa shape index (κ3) is 4.20. The maximum Gasteiger partial charge on any atom is 0.416 e. The number of halogens is 3. The van der Waals surface area contributed by atoms with Gasteiger partial charge in [0.05, 0.1) is 5.56 Å². The molecular formula is C11H15F3N2. The van der Waals surface area contributed by atoms with Crippen molar-refractivity contribution in [2.24, 2.45) is 0 Å². The van der Waals surface area contributed by atoms with Gasteiger partial charge >= 0.3 is 6.18 Å². The lowest BCUT2D eigenvalue weighted by atomic mass is 10.1. The van der Waals surface area contributed by atoms with Crippen molar-refractivity contribution >= 4 is 0 Å². The van der Waals surface area contributed by atoms with E-state index >= 15 is 0 Å². The topological polar surface area (TPSA) is 24.1 Å². The third-order valence-corrected chi connectivity index (χ3v) is 2.14. The normalized spacial score (nSPS) is 11.8. The summed E-state index contributed by atoms with van der Waals surface area (Å²) in [5.41, 5.74) is 0.0475. The molecule has 1 aromatic carbocycles. The van der Waals surface area contributed by atoms with Crippen LogP contribution in [-0.4, -0.2) is 20.1 Å². The Balaban J connectivity index is 2.54. The summed E-state index contributed by atoms with van der Waals surface area (Å²) >= 11 is 0. The SMILES string of the molecule is CNCCNCc1cccc(C(F)(F)F)c1. The average Bonchev–Trinajstić information content (AvgIpc) is 2.24. The maximum atomic E-state index is 12.4. The molecule has 0 aliphatic carbocycles. The summed E-state index contributed by atoms with van der Waals surface area (Å²) in [6.07, 6.45) is -4.26. The van der Waals surface area contributed by atoms with Gasteiger partial charge in [-0.1, -0.05) is 18.2 Å². The molecule has 0 aromatic heterocycles. The zero-order chi connectivity index (χ0) is 12.0. The van der Waals surface area contributed by atoms with Gasteiger partial charge in [-0.15, -0.1) is 0 Å². The van der Waals surface area contributed by atoms with Gasteiger partial charge in [-0.05, 0) is 18.7 Å². The molecule has 1 aromatic rings. The van der Waals surface area contributed by atoms with Crippen LogP contribution < -0.4 is 10.6 Å². The minimum absolute atomic E-state index is 0.450. The molecule has 0 atom stereocenters. The first-order chi connectivity index (χ1) is 7.54. The number of rotatable bonds is 5. The first-order valence-corrected chi connectivity index (χ1v) is 5.05. The van der Waals surface area contributed by atoms with Crippen LogP contribution in [0.4, 0.5) is 13.2 Å². The zero-order valence-electron chi connectivity index (χ0n) is 9.06. The second kappa shape index (κ2) is 5.86. The van der Waals surface area contributed by atoms with Crippen LogP contribution in [0.2, 0.25) is 0 Å². The van der Waals surface area contributed by atoms with Crippen LogP contribution in [0.5, 0.6) is 0 Å². The van der Waals surface area contributed by atoms with Crippen LogP contribution in [0.15, 0.2) is 24.3 Å². The van der Waals surface area contributed by atoms with Gasteiger partial charge in [0.2, 0.25) is 0 Å². The summed E-state index contributed by atoms with van der Waals surface area (Å²) < 4.78 is 37.1. The number of hydrogen-bond acceptors (Lipinski definition) is 2. The highest BCUT2D eigenvalue weighted by molar-refractivity contribution is 5.25. The zero-order valence-corrected chi connectivity index (χ0v) is 9.06. The summed E-state index contributed by atoms with van der Waals surface area (Å²) in [6.45, 7) is 1.97. The molecule has 0 amide bonds. The highest BCUT2D eigenvalue weighted by Gasteiger charge is 2.30. The summed E-state index contributed by atoms with van der Waals surface area (Å²) in [5, 5.41) is 6.00. The van der Waals surface area contributed by atoms with Gasteiger partial charge < -0.3 is 10.6 Å². The van der Waals surface area contributed by atoms with Crippen LogP contribution in [-0.2, 0) is 12.7 Å². The molecule has 0 radical (unpaired) electrons. The molecule has 0 saturated carbocycles. The number of alkyl halides is 3. The van der Waals surface area contributed by atoms with Crippen LogP contribution in [0, 0.1) is 0 Å². The number of likely N-dealkylation sites (N-methyl/N-ethyl adjacent to an activating group) is 1. The lowest BCUT2D eigenvalue weighted by Gasteiger charge is -2.09. The number of benzene rings is 1. The van der Waals surface area contributed by atoms with Gasteiger partial charge in [0.1, 0.15) is 0 Å². The molecule has 0 aliphatic heterocycles. The van der Waals surface area contributed by atoms with E-state index in [1.807, 2.05) is 7.05 Å². The van der Waals surface area contributed by atoms with Gasteiger partial charge in [-0.25, -0.2) is 0 Å². The van der Waals surface area contributed by atoms with Gasteiger partial charge in [-0.2, -0.15) is 13.2 Å². The maximum absolute atomic E-state index is 12.4. The molecule has 16 heavy (non-hydrogen) atoms. The van der Waals surface area contributed by atoms with Crippen molar-refractivity contribution in [2.45, 2.75) is 12.7 Å². The van der Waals surface area contributed by atoms with E-state index in [2.05, 4.69) is 10.6 Å². The summed E-state index contributed by atoms with van der Waals surface area (Å²) in [7, 11) is 1.83. The molecular weight excluding hydrogens is 217 g/mol. The van der Waals surface area contributed by atoms with Crippen molar-refractivity contribution < 1.29 is 13.2 Å². The van der Waals surface area contributed by atoms with E-state index in [0.29, 0.717) is 12.1 Å². The Hall–Kier alpha value is -1.07. The predicted octanol–water partition coefficient (Wildman–Crippen LogP) is 2.01. The second-order valence-corrected chi connectivity index (χ2v) is 3.48. The lowest BCUT2D eigenvalue weighted by molar-refractivity contribution is -0.137. The Morgan fingerprint density at radius 1 is 1.19 bits per heavy atom. The highest BCUT2D eigenvalue weighted by atomic mass is 19.4.